The molecule has 1 heterocycles. The lowest BCUT2D eigenvalue weighted by Gasteiger charge is -2.29. The first-order valence-corrected chi connectivity index (χ1v) is 6.41. The predicted octanol–water partition coefficient (Wildman–Crippen LogP) is 3.73. The number of anilines is 2. The van der Waals surface area contributed by atoms with Crippen LogP contribution in [0.25, 0.3) is 0 Å². The minimum absolute atomic E-state index is 0.0814. The lowest BCUT2D eigenvalue weighted by molar-refractivity contribution is 0.476. The van der Waals surface area contributed by atoms with Crippen molar-refractivity contribution in [3.63, 3.8) is 0 Å². The summed E-state index contributed by atoms with van der Waals surface area (Å²) in [6.07, 6.45) is 3.82. The molecule has 0 bridgehead atoms. The lowest BCUT2D eigenvalue weighted by atomic mass is 9.95. The largest absolute Gasteiger partial charge is 0.397 e. The molecule has 0 spiro atoms. The van der Waals surface area contributed by atoms with E-state index >= 15 is 0 Å². The Labute approximate surface area is 106 Å². The number of nitrogen functional groups attached to an aromatic ring is 1. The first kappa shape index (κ1) is 13.3. The van der Waals surface area contributed by atoms with Crippen molar-refractivity contribution in [2.75, 3.05) is 11.1 Å². The molecule has 0 aliphatic carbocycles. The van der Waals surface area contributed by atoms with Crippen molar-refractivity contribution < 1.29 is 0 Å². The highest BCUT2D eigenvalue weighted by atomic mass is 79.9. The van der Waals surface area contributed by atoms with Crippen LogP contribution in [0, 0.1) is 6.92 Å². The van der Waals surface area contributed by atoms with Crippen molar-refractivity contribution in [3.8, 4) is 0 Å². The number of nitrogens with zero attached hydrogens (tertiary/aromatic N) is 1. The van der Waals surface area contributed by atoms with Crippen LogP contribution in [0.4, 0.5) is 11.5 Å². The van der Waals surface area contributed by atoms with E-state index in [0.717, 1.165) is 28.7 Å². The number of hydrogen-bond acceptors (Lipinski definition) is 3. The number of pyridine rings is 1. The summed E-state index contributed by atoms with van der Waals surface area (Å²) in [7, 11) is 0. The van der Waals surface area contributed by atoms with Crippen molar-refractivity contribution in [1.82, 2.24) is 4.98 Å². The molecule has 1 aromatic rings. The lowest BCUT2D eigenvalue weighted by Crippen LogP contribution is -2.33. The minimum Gasteiger partial charge on any atom is -0.397 e. The molecular formula is C12H20BrN3. The maximum atomic E-state index is 5.80. The number of aromatic nitrogens is 1. The number of nitrogens with two attached hydrogens (primary N) is 1. The van der Waals surface area contributed by atoms with Gasteiger partial charge in [-0.3, -0.25) is 0 Å². The van der Waals surface area contributed by atoms with Gasteiger partial charge in [-0.1, -0.05) is 13.8 Å². The third-order valence-electron chi connectivity index (χ3n) is 3.28. The summed E-state index contributed by atoms with van der Waals surface area (Å²) < 4.78 is 0.959. The quantitative estimate of drug-likeness (QED) is 0.886. The third kappa shape index (κ3) is 2.67. The summed E-state index contributed by atoms with van der Waals surface area (Å²) >= 11 is 3.54. The topological polar surface area (TPSA) is 50.9 Å². The van der Waals surface area contributed by atoms with Gasteiger partial charge in [0, 0.05) is 5.54 Å². The molecule has 90 valence electrons. The Morgan fingerprint density at radius 1 is 1.44 bits per heavy atom. The molecule has 1 rings (SSSR count). The maximum Gasteiger partial charge on any atom is 0.141 e. The molecule has 1 aromatic heterocycles. The Hall–Kier alpha value is -0.770. The van der Waals surface area contributed by atoms with E-state index in [1.807, 2.05) is 6.92 Å². The standard InChI is InChI=1S/C12H20BrN3/c1-5-12(4,6-2)16-11-10(13)8(3)9(14)7-15-11/h7H,5-6,14H2,1-4H3,(H,15,16). The molecule has 3 nitrogen and oxygen atoms in total. The first-order valence-electron chi connectivity index (χ1n) is 5.62. The molecule has 0 saturated heterocycles. The van der Waals surface area contributed by atoms with Crippen LogP contribution in [0.2, 0.25) is 0 Å². The average Bonchev–Trinajstić information content (AvgIpc) is 2.30. The molecule has 0 fully saturated rings. The van der Waals surface area contributed by atoms with Crippen LogP contribution >= 0.6 is 15.9 Å². The van der Waals surface area contributed by atoms with E-state index < -0.39 is 0 Å². The Morgan fingerprint density at radius 2 is 2.00 bits per heavy atom. The zero-order valence-electron chi connectivity index (χ0n) is 10.4. The summed E-state index contributed by atoms with van der Waals surface area (Å²) in [5.41, 5.74) is 7.63. The molecule has 0 unspecified atom stereocenters. The van der Waals surface area contributed by atoms with Crippen molar-refractivity contribution in [1.29, 1.82) is 0 Å². The summed E-state index contributed by atoms with van der Waals surface area (Å²) in [6.45, 7) is 8.54. The van der Waals surface area contributed by atoms with E-state index in [1.54, 1.807) is 6.20 Å². The number of halogens is 1. The van der Waals surface area contributed by atoms with Crippen LogP contribution < -0.4 is 11.1 Å². The van der Waals surface area contributed by atoms with Crippen LogP contribution in [0.15, 0.2) is 10.7 Å². The summed E-state index contributed by atoms with van der Waals surface area (Å²) in [6, 6.07) is 0. The molecule has 3 N–H and O–H groups in total. The average molecular weight is 286 g/mol. The second-order valence-corrected chi connectivity index (χ2v) is 5.19. The van der Waals surface area contributed by atoms with Gasteiger partial charge in [-0.2, -0.15) is 0 Å². The normalized spacial score (nSPS) is 11.6. The molecule has 0 aromatic carbocycles. The van der Waals surface area contributed by atoms with Crippen molar-refractivity contribution in [2.45, 2.75) is 46.1 Å². The van der Waals surface area contributed by atoms with E-state index in [2.05, 4.69) is 47.0 Å². The van der Waals surface area contributed by atoms with Gasteiger partial charge >= 0.3 is 0 Å². The SMILES string of the molecule is CCC(C)(CC)Nc1ncc(N)c(C)c1Br. The zero-order chi connectivity index (χ0) is 12.3. The predicted molar refractivity (Wildman–Crippen MR) is 73.7 cm³/mol. The molecule has 0 aliphatic rings. The van der Waals surface area contributed by atoms with Gasteiger partial charge in [-0.15, -0.1) is 0 Å². The molecule has 4 heteroatoms. The van der Waals surface area contributed by atoms with E-state index in [-0.39, 0.29) is 5.54 Å². The van der Waals surface area contributed by atoms with Gasteiger partial charge in [0.15, 0.2) is 0 Å². The summed E-state index contributed by atoms with van der Waals surface area (Å²) in [5.74, 6) is 0.873. The van der Waals surface area contributed by atoms with Gasteiger partial charge in [0.25, 0.3) is 0 Å². The molecular weight excluding hydrogens is 266 g/mol. The van der Waals surface area contributed by atoms with Gasteiger partial charge in [-0.25, -0.2) is 4.98 Å². The highest BCUT2D eigenvalue weighted by molar-refractivity contribution is 9.10. The molecule has 0 aliphatic heterocycles. The van der Waals surface area contributed by atoms with E-state index in [4.69, 9.17) is 5.73 Å². The van der Waals surface area contributed by atoms with Crippen molar-refractivity contribution in [2.24, 2.45) is 0 Å². The molecule has 0 amide bonds. The smallest absolute Gasteiger partial charge is 0.141 e. The fraction of sp³-hybridized carbons (Fsp3) is 0.583. The van der Waals surface area contributed by atoms with Gasteiger partial charge in [0.05, 0.1) is 16.4 Å². The van der Waals surface area contributed by atoms with E-state index in [1.165, 1.54) is 0 Å². The number of nitrogens with one attached hydrogen (secondary N) is 1. The Bertz CT molecular complexity index is 373. The molecule has 0 atom stereocenters. The van der Waals surface area contributed by atoms with Crippen LogP contribution in [-0.4, -0.2) is 10.5 Å². The highest BCUT2D eigenvalue weighted by Gasteiger charge is 2.21. The Kier molecular flexibility index (Phi) is 4.19. The molecule has 0 radical (unpaired) electrons. The summed E-state index contributed by atoms with van der Waals surface area (Å²) in [4.78, 5) is 4.34. The fourth-order valence-electron chi connectivity index (χ4n) is 1.39. The molecule has 16 heavy (non-hydrogen) atoms. The van der Waals surface area contributed by atoms with Gasteiger partial charge in [0.2, 0.25) is 0 Å². The first-order chi connectivity index (χ1) is 7.43. The van der Waals surface area contributed by atoms with Crippen LogP contribution in [0.5, 0.6) is 0 Å². The van der Waals surface area contributed by atoms with Crippen LogP contribution in [-0.2, 0) is 0 Å². The zero-order valence-corrected chi connectivity index (χ0v) is 12.0. The van der Waals surface area contributed by atoms with Crippen LogP contribution in [0.3, 0.4) is 0 Å². The second-order valence-electron chi connectivity index (χ2n) is 4.39. The molecule has 0 saturated carbocycles. The van der Waals surface area contributed by atoms with Crippen molar-refractivity contribution >= 4 is 27.4 Å². The van der Waals surface area contributed by atoms with Gasteiger partial charge in [-0.05, 0) is 48.2 Å². The van der Waals surface area contributed by atoms with Crippen molar-refractivity contribution in [3.05, 3.63) is 16.2 Å². The van der Waals surface area contributed by atoms with Gasteiger partial charge in [0.1, 0.15) is 5.82 Å². The second kappa shape index (κ2) is 5.04. The monoisotopic (exact) mass is 285 g/mol. The van der Waals surface area contributed by atoms with E-state index in [9.17, 15) is 0 Å². The maximum absolute atomic E-state index is 5.80. The third-order valence-corrected chi connectivity index (χ3v) is 4.25. The number of rotatable bonds is 4. The van der Waals surface area contributed by atoms with Crippen LogP contribution in [0.1, 0.15) is 39.2 Å². The van der Waals surface area contributed by atoms with E-state index in [0.29, 0.717) is 5.69 Å². The Morgan fingerprint density at radius 3 is 2.50 bits per heavy atom. The highest BCUT2D eigenvalue weighted by Crippen LogP contribution is 2.31. The summed E-state index contributed by atoms with van der Waals surface area (Å²) in [5, 5.41) is 3.48. The van der Waals surface area contributed by atoms with Gasteiger partial charge < -0.3 is 11.1 Å². The number of hydrogen-bond donors (Lipinski definition) is 2. The Balaban J connectivity index is 3.03. The fourth-order valence-corrected chi connectivity index (χ4v) is 1.82. The minimum atomic E-state index is 0.0814.